The van der Waals surface area contributed by atoms with Crippen LogP contribution >= 0.6 is 27.3 Å². The Morgan fingerprint density at radius 3 is 2.71 bits per heavy atom. The topological polar surface area (TPSA) is 130 Å². The first-order valence-electron chi connectivity index (χ1n) is 13.1. The fraction of sp³-hybridized carbons (Fsp3) is 0.462. The number of rotatable bonds is 10. The molecule has 1 aromatic heterocycles. The number of esters is 1. The molecule has 1 unspecified atom stereocenters. The Hall–Kier alpha value is -2.82. The summed E-state index contributed by atoms with van der Waals surface area (Å²) in [6, 6.07) is 1.87. The van der Waals surface area contributed by atoms with Crippen molar-refractivity contribution in [1.29, 1.82) is 0 Å². The molecule has 0 radical (unpaired) electrons. The van der Waals surface area contributed by atoms with Crippen molar-refractivity contribution in [2.45, 2.75) is 55.9 Å². The van der Waals surface area contributed by atoms with Crippen molar-refractivity contribution in [2.24, 2.45) is 4.99 Å². The molecule has 3 aliphatic rings. The predicted octanol–water partition coefficient (Wildman–Crippen LogP) is 3.66. The van der Waals surface area contributed by atoms with Gasteiger partial charge in [0.15, 0.2) is 10.8 Å². The fourth-order valence-corrected chi connectivity index (χ4v) is 7.48. The van der Waals surface area contributed by atoms with Crippen LogP contribution in [0.4, 0.5) is 13.2 Å². The van der Waals surface area contributed by atoms with E-state index in [0.717, 1.165) is 0 Å². The summed E-state index contributed by atoms with van der Waals surface area (Å²) in [5, 5.41) is 4.61. The van der Waals surface area contributed by atoms with Crippen LogP contribution in [-0.2, 0) is 24.3 Å². The number of halogens is 4. The smallest absolute Gasteiger partial charge is 0.338 e. The Labute approximate surface area is 252 Å². The van der Waals surface area contributed by atoms with Gasteiger partial charge in [-0.25, -0.2) is 31.4 Å². The van der Waals surface area contributed by atoms with Gasteiger partial charge in [0.1, 0.15) is 11.9 Å². The van der Waals surface area contributed by atoms with Gasteiger partial charge in [0, 0.05) is 47.2 Å². The highest BCUT2D eigenvalue weighted by atomic mass is 79.9. The first-order valence-corrected chi connectivity index (χ1v) is 16.3. The van der Waals surface area contributed by atoms with Gasteiger partial charge in [-0.2, -0.15) is 0 Å². The third kappa shape index (κ3) is 6.87. The standard InChI is InChI=1S/C26H27BrF3N5O5S2/c1-2-40-25(37)21-19(12-35-13-26(29,30)11-15(35)10-20(36)34-42(38,39)16-4-5-16)32-23(24-31-7-8-41-24)33-22(21)17-6-3-14(28)9-18(17)27/h3,6-9,15-16,22H,2,4-5,10-13H2,1H3,(H,32,33)(H,34,36)/t15?,22-/m0/s1. The molecular weight excluding hydrogens is 663 g/mol. The summed E-state index contributed by atoms with van der Waals surface area (Å²) in [6.07, 6.45) is 1.29. The van der Waals surface area contributed by atoms with E-state index in [1.165, 1.54) is 34.4 Å². The molecule has 3 heterocycles. The molecule has 1 aromatic carbocycles. The van der Waals surface area contributed by atoms with Gasteiger partial charge in [-0.15, -0.1) is 11.3 Å². The summed E-state index contributed by atoms with van der Waals surface area (Å²) in [5.41, 5.74) is 0.656. The van der Waals surface area contributed by atoms with Crippen molar-refractivity contribution < 1.29 is 35.9 Å². The highest BCUT2D eigenvalue weighted by Gasteiger charge is 2.47. The van der Waals surface area contributed by atoms with E-state index in [1.54, 1.807) is 18.5 Å². The average molecular weight is 691 g/mol. The number of sulfonamides is 1. The van der Waals surface area contributed by atoms with Gasteiger partial charge in [-0.1, -0.05) is 22.0 Å². The second kappa shape index (κ2) is 12.1. The summed E-state index contributed by atoms with van der Waals surface area (Å²) in [7, 11) is -3.85. The van der Waals surface area contributed by atoms with Gasteiger partial charge >= 0.3 is 5.97 Å². The number of likely N-dealkylation sites (tertiary alicyclic amines) is 1. The summed E-state index contributed by atoms with van der Waals surface area (Å²) in [4.78, 5) is 36.3. The van der Waals surface area contributed by atoms with Crippen LogP contribution in [-0.4, -0.2) is 72.9 Å². The molecule has 1 amide bonds. The first kappa shape index (κ1) is 30.6. The van der Waals surface area contributed by atoms with Crippen LogP contribution in [0.1, 0.15) is 49.2 Å². The molecule has 42 heavy (non-hydrogen) atoms. The SMILES string of the molecule is CCOC(=O)C1=C(CN2CC(F)(F)CC2CC(=O)NS(=O)(=O)C2CC2)NC(c2nccs2)=N[C@H]1c1ccc(F)cc1Br. The number of benzene rings is 1. The maximum Gasteiger partial charge on any atom is 0.338 e. The van der Waals surface area contributed by atoms with Crippen molar-refractivity contribution in [3.8, 4) is 0 Å². The number of carbonyl (C=O) groups excluding carboxylic acids is 2. The molecule has 10 nitrogen and oxygen atoms in total. The van der Waals surface area contributed by atoms with E-state index >= 15 is 0 Å². The van der Waals surface area contributed by atoms with Crippen molar-refractivity contribution in [3.63, 3.8) is 0 Å². The van der Waals surface area contributed by atoms with Gasteiger partial charge in [-0.3, -0.25) is 19.4 Å². The van der Waals surface area contributed by atoms with E-state index in [2.05, 4.69) is 26.2 Å². The van der Waals surface area contributed by atoms with Gasteiger partial charge in [0.2, 0.25) is 15.9 Å². The monoisotopic (exact) mass is 689 g/mol. The molecule has 1 saturated carbocycles. The molecule has 2 fully saturated rings. The summed E-state index contributed by atoms with van der Waals surface area (Å²) in [6.45, 7) is 0.676. The Morgan fingerprint density at radius 1 is 1.31 bits per heavy atom. The van der Waals surface area contributed by atoms with Crippen LogP contribution in [0.3, 0.4) is 0 Å². The molecule has 1 aliphatic carbocycles. The number of carbonyl (C=O) groups is 2. The molecular formula is C26H27BrF3N5O5S2. The van der Waals surface area contributed by atoms with Crippen molar-refractivity contribution in [2.75, 3.05) is 19.7 Å². The van der Waals surface area contributed by atoms with Crippen molar-refractivity contribution in [3.05, 3.63) is 61.9 Å². The normalized spacial score (nSPS) is 22.5. The van der Waals surface area contributed by atoms with Crippen molar-refractivity contribution >= 4 is 55.0 Å². The number of thiazole rings is 1. The lowest BCUT2D eigenvalue weighted by Gasteiger charge is -2.31. The Bertz CT molecular complexity index is 1550. The number of amides is 1. The number of aromatic nitrogens is 1. The van der Waals surface area contributed by atoms with Gasteiger partial charge in [0.05, 0.1) is 24.0 Å². The third-order valence-corrected chi connectivity index (χ3v) is 10.3. The number of nitrogens with one attached hydrogen (secondary N) is 2. The Morgan fingerprint density at radius 2 is 2.07 bits per heavy atom. The lowest BCUT2D eigenvalue weighted by Crippen LogP contribution is -2.43. The zero-order valence-electron chi connectivity index (χ0n) is 22.3. The largest absolute Gasteiger partial charge is 0.463 e. The van der Waals surface area contributed by atoms with E-state index in [-0.39, 0.29) is 30.3 Å². The van der Waals surface area contributed by atoms with Crippen molar-refractivity contribution in [1.82, 2.24) is 19.9 Å². The van der Waals surface area contributed by atoms with Crippen LogP contribution in [0.5, 0.6) is 0 Å². The predicted molar refractivity (Wildman–Crippen MR) is 152 cm³/mol. The number of ether oxygens (including phenoxy) is 1. The van der Waals surface area contributed by atoms with Gasteiger partial charge < -0.3 is 10.1 Å². The van der Waals surface area contributed by atoms with E-state index in [4.69, 9.17) is 9.73 Å². The number of nitrogens with zero attached hydrogens (tertiary/aromatic N) is 3. The Balaban J connectivity index is 1.51. The molecule has 1 saturated heterocycles. The average Bonchev–Trinajstić information content (AvgIpc) is 3.55. The number of amidine groups is 1. The van der Waals surface area contributed by atoms with Gasteiger partial charge in [0.25, 0.3) is 5.92 Å². The van der Waals surface area contributed by atoms with Crippen LogP contribution in [0.15, 0.2) is 50.5 Å². The second-order valence-electron chi connectivity index (χ2n) is 10.2. The molecule has 2 atom stereocenters. The summed E-state index contributed by atoms with van der Waals surface area (Å²) in [5.74, 6) is -5.03. The maximum absolute atomic E-state index is 14.7. The minimum Gasteiger partial charge on any atom is -0.463 e. The summed E-state index contributed by atoms with van der Waals surface area (Å²) >= 11 is 4.61. The Kier molecular flexibility index (Phi) is 8.79. The zero-order valence-corrected chi connectivity index (χ0v) is 25.5. The van der Waals surface area contributed by atoms with Gasteiger partial charge in [-0.05, 0) is 37.5 Å². The van der Waals surface area contributed by atoms with E-state index in [1.807, 2.05) is 4.72 Å². The quantitative estimate of drug-likeness (QED) is 0.362. The lowest BCUT2D eigenvalue weighted by molar-refractivity contribution is -0.139. The third-order valence-electron chi connectivity index (χ3n) is 7.00. The first-order chi connectivity index (χ1) is 19.9. The molecule has 2 N–H and O–H groups in total. The molecule has 2 aliphatic heterocycles. The lowest BCUT2D eigenvalue weighted by atomic mass is 9.95. The molecule has 2 aromatic rings. The number of alkyl halides is 2. The minimum atomic E-state index is -3.85. The number of hydrogen-bond acceptors (Lipinski definition) is 10. The second-order valence-corrected chi connectivity index (χ2v) is 13.9. The minimum absolute atomic E-state index is 0.0238. The van der Waals surface area contributed by atoms with E-state index < -0.39 is 70.4 Å². The fourth-order valence-electron chi connectivity index (χ4n) is 5.00. The molecule has 0 bridgehead atoms. The molecule has 5 rings (SSSR count). The number of aliphatic imine (C=N–C) groups is 1. The molecule has 226 valence electrons. The van der Waals surface area contributed by atoms with Crippen LogP contribution in [0.25, 0.3) is 0 Å². The van der Waals surface area contributed by atoms with Crippen LogP contribution in [0.2, 0.25) is 0 Å². The highest BCUT2D eigenvalue weighted by molar-refractivity contribution is 9.10. The summed E-state index contributed by atoms with van der Waals surface area (Å²) < 4.78 is 75.6. The van der Waals surface area contributed by atoms with Crippen LogP contribution in [0, 0.1) is 5.82 Å². The molecule has 0 spiro atoms. The maximum atomic E-state index is 14.7. The highest BCUT2D eigenvalue weighted by Crippen LogP contribution is 2.39. The molecule has 16 heteroatoms. The zero-order chi connectivity index (χ0) is 30.2. The van der Waals surface area contributed by atoms with E-state index in [0.29, 0.717) is 27.9 Å². The van der Waals surface area contributed by atoms with E-state index in [9.17, 15) is 31.2 Å². The number of hydrogen-bond donors (Lipinski definition) is 2. The van der Waals surface area contributed by atoms with Crippen LogP contribution < -0.4 is 10.0 Å².